The highest BCUT2D eigenvalue weighted by molar-refractivity contribution is 5.98. The van der Waals surface area contributed by atoms with Crippen molar-refractivity contribution < 1.29 is 14.3 Å². The van der Waals surface area contributed by atoms with E-state index in [4.69, 9.17) is 4.74 Å². The molecule has 30 heavy (non-hydrogen) atoms. The van der Waals surface area contributed by atoms with Gasteiger partial charge in [-0.3, -0.25) is 14.5 Å². The fourth-order valence-electron chi connectivity index (χ4n) is 3.48. The van der Waals surface area contributed by atoms with Crippen LogP contribution in [-0.2, 0) is 27.4 Å². The van der Waals surface area contributed by atoms with Crippen molar-refractivity contribution in [3.8, 4) is 0 Å². The molecule has 0 unspecified atom stereocenters. The maximum atomic E-state index is 13.3. The number of Topliss-reactive ketones (excluding diaryl/α,β-unsaturated/α-hetero) is 1. The lowest BCUT2D eigenvalue weighted by Gasteiger charge is -2.32. The SMILES string of the molecule is CC(C)C[C@H](C(=O)CC(=O)OC(C)(C)C)N(Cc1ccccc1)Cc1ccccc1. The molecule has 2 aromatic rings. The second-order valence-electron chi connectivity index (χ2n) is 9.25. The summed E-state index contributed by atoms with van der Waals surface area (Å²) in [5.41, 5.74) is 1.69. The number of esters is 1. The standard InChI is InChI=1S/C26H35NO3/c1-20(2)16-23(24(28)17-25(29)30-26(3,4)5)27(18-21-12-8-6-9-13-21)19-22-14-10-7-11-15-22/h6-15,20,23H,16-19H2,1-5H3/t23-/m1/s1. The zero-order valence-electron chi connectivity index (χ0n) is 18.9. The van der Waals surface area contributed by atoms with Crippen LogP contribution in [0.5, 0.6) is 0 Å². The predicted octanol–water partition coefficient (Wildman–Crippen LogP) is 5.40. The molecule has 2 rings (SSSR count). The van der Waals surface area contributed by atoms with Crippen molar-refractivity contribution in [3.05, 3.63) is 71.8 Å². The van der Waals surface area contributed by atoms with E-state index in [1.54, 1.807) is 0 Å². The van der Waals surface area contributed by atoms with Crippen molar-refractivity contribution in [1.29, 1.82) is 0 Å². The second-order valence-corrected chi connectivity index (χ2v) is 9.25. The van der Waals surface area contributed by atoms with Gasteiger partial charge in [0.05, 0.1) is 6.04 Å². The minimum atomic E-state index is -0.599. The van der Waals surface area contributed by atoms with E-state index in [0.717, 1.165) is 11.1 Å². The Bertz CT molecular complexity index is 753. The highest BCUT2D eigenvalue weighted by Crippen LogP contribution is 2.21. The molecule has 1 atom stereocenters. The molecule has 0 aliphatic heterocycles. The largest absolute Gasteiger partial charge is 0.460 e. The lowest BCUT2D eigenvalue weighted by molar-refractivity contribution is -0.157. The summed E-state index contributed by atoms with van der Waals surface area (Å²) in [4.78, 5) is 27.8. The Morgan fingerprint density at radius 2 is 1.33 bits per heavy atom. The quantitative estimate of drug-likeness (QED) is 0.389. The average molecular weight is 410 g/mol. The Labute approximate surface area is 181 Å². The molecule has 0 amide bonds. The Hall–Kier alpha value is -2.46. The molecule has 4 heteroatoms. The molecular formula is C26H35NO3. The number of ketones is 1. The molecule has 0 N–H and O–H groups in total. The van der Waals surface area contributed by atoms with Crippen molar-refractivity contribution in [1.82, 2.24) is 4.90 Å². The van der Waals surface area contributed by atoms with Crippen molar-refractivity contribution in [2.24, 2.45) is 5.92 Å². The number of hydrogen-bond donors (Lipinski definition) is 0. The van der Waals surface area contributed by atoms with Gasteiger partial charge in [0.1, 0.15) is 12.0 Å². The zero-order chi connectivity index (χ0) is 22.1. The molecule has 0 heterocycles. The number of carbonyl (C=O) groups is 2. The molecule has 0 radical (unpaired) electrons. The summed E-state index contributed by atoms with van der Waals surface area (Å²) in [7, 11) is 0. The third kappa shape index (κ3) is 8.50. The average Bonchev–Trinajstić information content (AvgIpc) is 2.65. The molecule has 0 saturated heterocycles. The van der Waals surface area contributed by atoms with Crippen LogP contribution < -0.4 is 0 Å². The van der Waals surface area contributed by atoms with Crippen LogP contribution >= 0.6 is 0 Å². The molecule has 0 spiro atoms. The normalized spacial score (nSPS) is 12.8. The maximum Gasteiger partial charge on any atom is 0.313 e. The lowest BCUT2D eigenvalue weighted by atomic mass is 9.95. The van der Waals surface area contributed by atoms with E-state index in [9.17, 15) is 9.59 Å². The highest BCUT2D eigenvalue weighted by atomic mass is 16.6. The van der Waals surface area contributed by atoms with Gasteiger partial charge in [0.2, 0.25) is 0 Å². The highest BCUT2D eigenvalue weighted by Gasteiger charge is 2.30. The smallest absolute Gasteiger partial charge is 0.313 e. The summed E-state index contributed by atoms with van der Waals surface area (Å²) in [5, 5.41) is 0. The van der Waals surface area contributed by atoms with Gasteiger partial charge in [-0.1, -0.05) is 74.5 Å². The summed E-state index contributed by atoms with van der Waals surface area (Å²) >= 11 is 0. The molecule has 4 nitrogen and oxygen atoms in total. The van der Waals surface area contributed by atoms with Gasteiger partial charge in [-0.05, 0) is 44.2 Å². The van der Waals surface area contributed by atoms with E-state index in [1.165, 1.54) is 0 Å². The number of carbonyl (C=O) groups excluding carboxylic acids is 2. The summed E-state index contributed by atoms with van der Waals surface area (Å²) in [6.45, 7) is 11.0. The molecule has 0 aliphatic rings. The third-order valence-electron chi connectivity index (χ3n) is 4.70. The number of benzene rings is 2. The van der Waals surface area contributed by atoms with Crippen molar-refractivity contribution >= 4 is 11.8 Å². The van der Waals surface area contributed by atoms with Crippen molar-refractivity contribution in [2.45, 2.75) is 72.2 Å². The van der Waals surface area contributed by atoms with Gasteiger partial charge >= 0.3 is 5.97 Å². The van der Waals surface area contributed by atoms with Crippen molar-refractivity contribution in [3.63, 3.8) is 0 Å². The monoisotopic (exact) mass is 409 g/mol. The van der Waals surface area contributed by atoms with Gasteiger partial charge in [-0.15, -0.1) is 0 Å². The van der Waals surface area contributed by atoms with E-state index in [-0.39, 0.29) is 18.2 Å². The maximum absolute atomic E-state index is 13.3. The Kier molecular flexibility index (Phi) is 8.79. The Morgan fingerprint density at radius 3 is 1.73 bits per heavy atom. The first kappa shape index (κ1) is 23.8. The summed E-state index contributed by atoms with van der Waals surface area (Å²) in [6, 6.07) is 20.0. The van der Waals surface area contributed by atoms with Crippen LogP contribution in [0.4, 0.5) is 0 Å². The molecular weight excluding hydrogens is 374 g/mol. The molecule has 0 aromatic heterocycles. The van der Waals surface area contributed by atoms with E-state index in [2.05, 4.69) is 43.0 Å². The van der Waals surface area contributed by atoms with E-state index >= 15 is 0 Å². The first-order valence-electron chi connectivity index (χ1n) is 10.7. The van der Waals surface area contributed by atoms with Crippen LogP contribution in [0.15, 0.2) is 60.7 Å². The first-order valence-corrected chi connectivity index (χ1v) is 10.7. The van der Waals surface area contributed by atoms with Gasteiger partial charge < -0.3 is 4.74 Å². The van der Waals surface area contributed by atoms with Crippen molar-refractivity contribution in [2.75, 3.05) is 0 Å². The fraction of sp³-hybridized carbons (Fsp3) is 0.462. The topological polar surface area (TPSA) is 46.6 Å². The molecule has 0 bridgehead atoms. The Morgan fingerprint density at radius 1 is 0.867 bits per heavy atom. The van der Waals surface area contributed by atoms with Crippen LogP contribution in [0.3, 0.4) is 0 Å². The number of rotatable bonds is 10. The molecule has 162 valence electrons. The third-order valence-corrected chi connectivity index (χ3v) is 4.70. The minimum Gasteiger partial charge on any atom is -0.460 e. The number of ether oxygens (including phenoxy) is 1. The van der Waals surface area contributed by atoms with Gasteiger partial charge in [0.25, 0.3) is 0 Å². The van der Waals surface area contributed by atoms with E-state index in [1.807, 2.05) is 57.2 Å². The zero-order valence-corrected chi connectivity index (χ0v) is 18.9. The van der Waals surface area contributed by atoms with E-state index < -0.39 is 11.6 Å². The first-order chi connectivity index (χ1) is 14.1. The summed E-state index contributed by atoms with van der Waals surface area (Å²) in [6.07, 6.45) is 0.496. The fourth-order valence-corrected chi connectivity index (χ4v) is 3.48. The van der Waals surface area contributed by atoms with Crippen LogP contribution in [-0.4, -0.2) is 28.3 Å². The van der Waals surface area contributed by atoms with Crippen LogP contribution in [0.1, 0.15) is 58.6 Å². The lowest BCUT2D eigenvalue weighted by Crippen LogP contribution is -2.42. The minimum absolute atomic E-state index is 0.0789. The molecule has 0 fully saturated rings. The van der Waals surface area contributed by atoms with Gasteiger partial charge in [-0.2, -0.15) is 0 Å². The van der Waals surface area contributed by atoms with Gasteiger partial charge in [-0.25, -0.2) is 0 Å². The molecule has 0 aliphatic carbocycles. The van der Waals surface area contributed by atoms with E-state index in [0.29, 0.717) is 25.4 Å². The van der Waals surface area contributed by atoms with Crippen LogP contribution in [0.25, 0.3) is 0 Å². The van der Waals surface area contributed by atoms with Crippen LogP contribution in [0.2, 0.25) is 0 Å². The number of nitrogens with zero attached hydrogens (tertiary/aromatic N) is 1. The summed E-state index contributed by atoms with van der Waals surface area (Å²) in [5.74, 6) is -0.211. The van der Waals surface area contributed by atoms with Crippen LogP contribution in [0, 0.1) is 5.92 Å². The van der Waals surface area contributed by atoms with Gasteiger partial charge in [0.15, 0.2) is 5.78 Å². The molecule has 2 aromatic carbocycles. The van der Waals surface area contributed by atoms with Gasteiger partial charge in [0, 0.05) is 13.1 Å². The second kappa shape index (κ2) is 11.1. The Balaban J connectivity index is 2.27. The summed E-state index contributed by atoms with van der Waals surface area (Å²) < 4.78 is 5.40. The number of hydrogen-bond acceptors (Lipinski definition) is 4. The molecule has 0 saturated carbocycles. The predicted molar refractivity (Wildman–Crippen MR) is 121 cm³/mol.